The summed E-state index contributed by atoms with van der Waals surface area (Å²) in [7, 11) is 1.39. The Kier molecular flexibility index (Phi) is 5.14. The third kappa shape index (κ3) is 3.71. The number of anilines is 1. The van der Waals surface area contributed by atoms with Gasteiger partial charge in [-0.1, -0.05) is 36.4 Å². The number of ether oxygens (including phenoxy) is 1. The van der Waals surface area contributed by atoms with Crippen LogP contribution in [-0.2, 0) is 6.54 Å². The van der Waals surface area contributed by atoms with Crippen LogP contribution in [0.1, 0.15) is 26.4 Å². The summed E-state index contributed by atoms with van der Waals surface area (Å²) in [5.41, 5.74) is 6.85. The molecule has 31 heavy (non-hydrogen) atoms. The molecule has 0 radical (unpaired) electrons. The van der Waals surface area contributed by atoms with Crippen molar-refractivity contribution in [1.29, 1.82) is 0 Å². The number of hydrogen-bond donors (Lipinski definition) is 3. The van der Waals surface area contributed by atoms with Gasteiger partial charge in [0.25, 0.3) is 11.9 Å². The van der Waals surface area contributed by atoms with Gasteiger partial charge in [-0.15, -0.1) is 10.2 Å². The number of nitrogens with zero attached hydrogens (tertiary/aromatic N) is 5. The van der Waals surface area contributed by atoms with E-state index in [0.717, 1.165) is 5.56 Å². The molecular formula is C20H17N7O4. The second-order valence-corrected chi connectivity index (χ2v) is 6.42. The Bertz CT molecular complexity index is 1290. The molecule has 0 bridgehead atoms. The number of nitrogens with one attached hydrogen (secondary N) is 1. The van der Waals surface area contributed by atoms with E-state index >= 15 is 0 Å². The zero-order valence-electron chi connectivity index (χ0n) is 16.3. The van der Waals surface area contributed by atoms with Gasteiger partial charge in [0.15, 0.2) is 11.5 Å². The molecule has 4 N–H and O–H groups in total. The molecule has 0 saturated heterocycles. The predicted octanol–water partition coefficient (Wildman–Crippen LogP) is 1.63. The number of aromatic carboxylic acids is 1. The lowest BCUT2D eigenvalue weighted by atomic mass is 10.2. The normalized spacial score (nSPS) is 10.7. The molecule has 1 amide bonds. The lowest BCUT2D eigenvalue weighted by Crippen LogP contribution is -2.20. The third-order valence-electron chi connectivity index (χ3n) is 4.48. The van der Waals surface area contributed by atoms with Crippen LogP contribution in [0.2, 0.25) is 0 Å². The van der Waals surface area contributed by atoms with Crippen molar-refractivity contribution in [3.05, 3.63) is 65.4 Å². The first-order chi connectivity index (χ1) is 15.0. The highest BCUT2D eigenvalue weighted by Gasteiger charge is 2.22. The summed E-state index contributed by atoms with van der Waals surface area (Å²) in [5.74, 6) is -1.77. The van der Waals surface area contributed by atoms with Crippen LogP contribution in [-0.4, -0.2) is 48.8 Å². The summed E-state index contributed by atoms with van der Waals surface area (Å²) in [6.45, 7) is 0.365. The Morgan fingerprint density at radius 2 is 1.87 bits per heavy atom. The molecule has 156 valence electrons. The number of primary amides is 1. The fourth-order valence-corrected chi connectivity index (χ4v) is 3.06. The van der Waals surface area contributed by atoms with Crippen molar-refractivity contribution in [2.24, 2.45) is 5.73 Å². The topological polar surface area (TPSA) is 158 Å². The Labute approximate surface area is 175 Å². The SMILES string of the molecule is COc1nc2c(C(=O)O)cccc2n1-c1nnc(C(N)=O)c(NCc2ccccc2)n1. The Hall–Kier alpha value is -4.54. The first-order valence-electron chi connectivity index (χ1n) is 9.11. The molecule has 11 heteroatoms. The number of imidazole rings is 1. The lowest BCUT2D eigenvalue weighted by molar-refractivity contribution is 0.0698. The summed E-state index contributed by atoms with van der Waals surface area (Å²) in [6.07, 6.45) is 0. The first kappa shape index (κ1) is 19.8. The Morgan fingerprint density at radius 1 is 1.10 bits per heavy atom. The number of carbonyl (C=O) groups excluding carboxylic acids is 1. The molecular weight excluding hydrogens is 402 g/mol. The van der Waals surface area contributed by atoms with Gasteiger partial charge in [-0.3, -0.25) is 4.79 Å². The van der Waals surface area contributed by atoms with Crippen LogP contribution >= 0.6 is 0 Å². The van der Waals surface area contributed by atoms with Gasteiger partial charge in [0, 0.05) is 6.54 Å². The molecule has 2 aromatic carbocycles. The van der Waals surface area contributed by atoms with E-state index in [1.165, 1.54) is 17.7 Å². The monoisotopic (exact) mass is 419 g/mol. The molecule has 0 saturated carbocycles. The van der Waals surface area contributed by atoms with Crippen LogP contribution in [0, 0.1) is 0 Å². The second-order valence-electron chi connectivity index (χ2n) is 6.42. The number of methoxy groups -OCH3 is 1. The smallest absolute Gasteiger partial charge is 0.337 e. The van der Waals surface area contributed by atoms with Gasteiger partial charge < -0.3 is 20.9 Å². The minimum Gasteiger partial charge on any atom is -0.478 e. The molecule has 0 spiro atoms. The third-order valence-corrected chi connectivity index (χ3v) is 4.48. The van der Waals surface area contributed by atoms with Crippen LogP contribution in [0.15, 0.2) is 48.5 Å². The number of fused-ring (bicyclic) bond motifs is 1. The second kappa shape index (κ2) is 8.06. The summed E-state index contributed by atoms with van der Waals surface area (Å²) in [4.78, 5) is 32.0. The molecule has 0 atom stereocenters. The molecule has 0 aliphatic rings. The van der Waals surface area contributed by atoms with Gasteiger partial charge in [0.2, 0.25) is 0 Å². The summed E-state index contributed by atoms with van der Waals surface area (Å²) >= 11 is 0. The van der Waals surface area contributed by atoms with Crippen molar-refractivity contribution < 1.29 is 19.4 Å². The minimum atomic E-state index is -1.13. The summed E-state index contributed by atoms with van der Waals surface area (Å²) in [5, 5.41) is 20.4. The zero-order valence-corrected chi connectivity index (χ0v) is 16.3. The summed E-state index contributed by atoms with van der Waals surface area (Å²) in [6, 6.07) is 14.2. The highest BCUT2D eigenvalue weighted by atomic mass is 16.5. The van der Waals surface area contributed by atoms with Gasteiger partial charge in [-0.2, -0.15) is 9.97 Å². The fourth-order valence-electron chi connectivity index (χ4n) is 3.06. The van der Waals surface area contributed by atoms with Crippen molar-refractivity contribution >= 4 is 28.7 Å². The standard InChI is InChI=1S/C20H17N7O4/c1-31-20-23-14-12(18(29)30)8-5-9-13(14)27(20)19-24-17(15(16(21)28)25-26-19)22-10-11-6-3-2-4-7-11/h2-9H,10H2,1H3,(H2,21,28)(H,29,30)(H,22,24,26). The highest BCUT2D eigenvalue weighted by molar-refractivity contribution is 6.01. The van der Waals surface area contributed by atoms with E-state index in [1.807, 2.05) is 30.3 Å². The van der Waals surface area contributed by atoms with Crippen LogP contribution in [0.5, 0.6) is 6.01 Å². The number of para-hydroxylation sites is 1. The maximum absolute atomic E-state index is 11.8. The van der Waals surface area contributed by atoms with E-state index in [1.54, 1.807) is 12.1 Å². The number of aromatic nitrogens is 5. The molecule has 11 nitrogen and oxygen atoms in total. The van der Waals surface area contributed by atoms with Crippen LogP contribution in [0.4, 0.5) is 5.82 Å². The molecule has 0 unspecified atom stereocenters. The average molecular weight is 419 g/mol. The van der Waals surface area contributed by atoms with Gasteiger partial charge >= 0.3 is 12.0 Å². The number of hydrogen-bond acceptors (Lipinski definition) is 8. The van der Waals surface area contributed by atoms with Crippen molar-refractivity contribution in [2.75, 3.05) is 12.4 Å². The molecule has 4 aromatic rings. The van der Waals surface area contributed by atoms with E-state index < -0.39 is 11.9 Å². The molecule has 2 heterocycles. The van der Waals surface area contributed by atoms with Gasteiger partial charge in [-0.25, -0.2) is 9.36 Å². The lowest BCUT2D eigenvalue weighted by Gasteiger charge is -2.11. The molecule has 0 aliphatic heterocycles. The number of benzene rings is 2. The van der Waals surface area contributed by atoms with E-state index in [-0.39, 0.29) is 34.6 Å². The maximum atomic E-state index is 11.8. The molecule has 0 aliphatic carbocycles. The van der Waals surface area contributed by atoms with Crippen molar-refractivity contribution in [2.45, 2.75) is 6.54 Å². The summed E-state index contributed by atoms with van der Waals surface area (Å²) < 4.78 is 6.72. The van der Waals surface area contributed by atoms with Crippen LogP contribution in [0.3, 0.4) is 0 Å². The van der Waals surface area contributed by atoms with Crippen molar-refractivity contribution in [3.63, 3.8) is 0 Å². The number of amides is 1. The van der Waals surface area contributed by atoms with Crippen molar-refractivity contribution in [1.82, 2.24) is 24.7 Å². The maximum Gasteiger partial charge on any atom is 0.337 e. The van der Waals surface area contributed by atoms with Crippen LogP contribution < -0.4 is 15.8 Å². The average Bonchev–Trinajstić information content (AvgIpc) is 3.16. The van der Waals surface area contributed by atoms with Gasteiger partial charge in [0.1, 0.15) is 5.52 Å². The number of rotatable bonds is 7. The van der Waals surface area contributed by atoms with E-state index in [4.69, 9.17) is 10.5 Å². The Balaban J connectivity index is 1.83. The number of carbonyl (C=O) groups is 2. The molecule has 2 aromatic heterocycles. The first-order valence-corrected chi connectivity index (χ1v) is 9.11. The van der Waals surface area contributed by atoms with E-state index in [2.05, 4.69) is 25.5 Å². The minimum absolute atomic E-state index is 0.00121. The largest absolute Gasteiger partial charge is 0.478 e. The Morgan fingerprint density at radius 3 is 2.55 bits per heavy atom. The van der Waals surface area contributed by atoms with Crippen LogP contribution in [0.25, 0.3) is 17.0 Å². The number of nitrogens with two attached hydrogens (primary N) is 1. The predicted molar refractivity (Wildman–Crippen MR) is 110 cm³/mol. The fraction of sp³-hybridized carbons (Fsp3) is 0.100. The zero-order chi connectivity index (χ0) is 22.0. The van der Waals surface area contributed by atoms with E-state index in [9.17, 15) is 14.7 Å². The number of carboxylic acid groups (broad SMARTS) is 1. The van der Waals surface area contributed by atoms with Gasteiger partial charge in [-0.05, 0) is 17.7 Å². The highest BCUT2D eigenvalue weighted by Crippen LogP contribution is 2.27. The number of carboxylic acids is 1. The van der Waals surface area contributed by atoms with Crippen molar-refractivity contribution in [3.8, 4) is 12.0 Å². The molecule has 4 rings (SSSR count). The quantitative estimate of drug-likeness (QED) is 0.405. The van der Waals surface area contributed by atoms with Gasteiger partial charge in [0.05, 0.1) is 18.2 Å². The van der Waals surface area contributed by atoms with E-state index in [0.29, 0.717) is 12.1 Å². The molecule has 0 fully saturated rings.